The number of rotatable bonds is 1. The average Bonchev–Trinajstić information content (AvgIpc) is 1.94. The third-order valence-corrected chi connectivity index (χ3v) is 2.26. The molecule has 0 spiro atoms. The first-order chi connectivity index (χ1) is 5.13. The summed E-state index contributed by atoms with van der Waals surface area (Å²) >= 11 is 0. The molecule has 0 aromatic rings. The molecule has 1 N–H and O–H groups in total. The lowest BCUT2D eigenvalue weighted by atomic mass is 9.88. The van der Waals surface area contributed by atoms with E-state index in [1.54, 1.807) is 0 Å². The van der Waals surface area contributed by atoms with Crippen LogP contribution in [0.15, 0.2) is 11.3 Å². The molecule has 1 aliphatic carbocycles. The van der Waals surface area contributed by atoms with Gasteiger partial charge >= 0.3 is 0 Å². The normalized spacial score (nSPS) is 25.5. The van der Waals surface area contributed by atoms with Crippen LogP contribution < -0.4 is 0 Å². The number of hydrogen-bond donors (Lipinski definition) is 1. The molecule has 1 atom stereocenters. The zero-order valence-corrected chi connectivity index (χ0v) is 7.05. The van der Waals surface area contributed by atoms with Gasteiger partial charge in [0.2, 0.25) is 0 Å². The molecule has 62 valence electrons. The van der Waals surface area contributed by atoms with E-state index in [4.69, 9.17) is 0 Å². The fourth-order valence-corrected chi connectivity index (χ4v) is 1.50. The summed E-state index contributed by atoms with van der Waals surface area (Å²) < 4.78 is 0. The number of Topliss-reactive ketones (excluding diaryl/α,β-unsaturated/α-hetero) is 1. The number of hydrogen-bond acceptors (Lipinski definition) is 2. The van der Waals surface area contributed by atoms with Crippen molar-refractivity contribution in [3.05, 3.63) is 11.3 Å². The molecular weight excluding hydrogens is 140 g/mol. The predicted octanol–water partition coefficient (Wildman–Crippen LogP) is 2.21. The molecule has 1 rings (SSSR count). The lowest BCUT2D eigenvalue weighted by Gasteiger charge is -2.19. The number of carbonyl (C=O) groups excluding carboxylic acids is 1. The van der Waals surface area contributed by atoms with Crippen molar-refractivity contribution in [2.24, 2.45) is 5.92 Å². The van der Waals surface area contributed by atoms with Gasteiger partial charge in [0.05, 0.1) is 0 Å². The predicted molar refractivity (Wildman–Crippen MR) is 43.4 cm³/mol. The molecule has 0 amide bonds. The van der Waals surface area contributed by atoms with Crippen molar-refractivity contribution in [1.82, 2.24) is 0 Å². The van der Waals surface area contributed by atoms with E-state index in [9.17, 15) is 9.90 Å². The van der Waals surface area contributed by atoms with Gasteiger partial charge in [-0.3, -0.25) is 4.79 Å². The van der Waals surface area contributed by atoms with Crippen molar-refractivity contribution in [2.75, 3.05) is 0 Å². The van der Waals surface area contributed by atoms with E-state index in [-0.39, 0.29) is 11.7 Å². The second-order valence-electron chi connectivity index (χ2n) is 3.21. The molecule has 0 bridgehead atoms. The highest BCUT2D eigenvalue weighted by Crippen LogP contribution is 2.28. The number of aliphatic hydroxyl groups is 1. The van der Waals surface area contributed by atoms with E-state index in [1.165, 1.54) is 6.92 Å². The summed E-state index contributed by atoms with van der Waals surface area (Å²) in [5.74, 6) is 0.528. The second kappa shape index (κ2) is 3.07. The maximum Gasteiger partial charge on any atom is 0.159 e. The van der Waals surface area contributed by atoms with Gasteiger partial charge in [-0.1, -0.05) is 6.92 Å². The molecular formula is C9H14O2. The van der Waals surface area contributed by atoms with Gasteiger partial charge in [0.15, 0.2) is 5.78 Å². The molecule has 11 heavy (non-hydrogen) atoms. The molecule has 0 aromatic carbocycles. The number of carbonyl (C=O) groups is 1. The molecule has 2 heteroatoms. The van der Waals surface area contributed by atoms with Crippen LogP contribution in [0.5, 0.6) is 0 Å². The van der Waals surface area contributed by atoms with Gasteiger partial charge in [-0.15, -0.1) is 0 Å². The number of allylic oxidation sites excluding steroid dienone is 2. The second-order valence-corrected chi connectivity index (χ2v) is 3.21. The van der Waals surface area contributed by atoms with Gasteiger partial charge in [0.25, 0.3) is 0 Å². The van der Waals surface area contributed by atoms with Crippen LogP contribution in [0.2, 0.25) is 0 Å². The van der Waals surface area contributed by atoms with Gasteiger partial charge < -0.3 is 5.11 Å². The van der Waals surface area contributed by atoms with Gasteiger partial charge in [0.1, 0.15) is 5.76 Å². The Bertz CT molecular complexity index is 204. The summed E-state index contributed by atoms with van der Waals surface area (Å²) in [4.78, 5) is 10.9. The molecule has 0 heterocycles. The molecule has 0 saturated carbocycles. The Morgan fingerprint density at radius 3 is 2.73 bits per heavy atom. The van der Waals surface area contributed by atoms with Crippen LogP contribution in [-0.2, 0) is 4.79 Å². The molecule has 2 nitrogen and oxygen atoms in total. The molecule has 1 unspecified atom stereocenters. The Morgan fingerprint density at radius 2 is 2.27 bits per heavy atom. The maximum absolute atomic E-state index is 10.9. The van der Waals surface area contributed by atoms with Crippen LogP contribution >= 0.6 is 0 Å². The van der Waals surface area contributed by atoms with Crippen LogP contribution in [0.4, 0.5) is 0 Å². The fraction of sp³-hybridized carbons (Fsp3) is 0.667. The smallest absolute Gasteiger partial charge is 0.159 e. The highest BCUT2D eigenvalue weighted by Gasteiger charge is 2.20. The molecule has 0 fully saturated rings. The van der Waals surface area contributed by atoms with Crippen molar-refractivity contribution in [3.8, 4) is 0 Å². The summed E-state index contributed by atoms with van der Waals surface area (Å²) in [5.41, 5.74) is 0.642. The summed E-state index contributed by atoms with van der Waals surface area (Å²) in [7, 11) is 0. The SMILES string of the molecule is CC(=O)C1=C(O)C(C)CCC1. The minimum atomic E-state index is 0.0223. The highest BCUT2D eigenvalue weighted by molar-refractivity contribution is 5.93. The summed E-state index contributed by atoms with van der Waals surface area (Å²) in [5, 5.41) is 9.47. The summed E-state index contributed by atoms with van der Waals surface area (Å²) in [6.45, 7) is 3.47. The summed E-state index contributed by atoms with van der Waals surface area (Å²) in [6.07, 6.45) is 2.79. The van der Waals surface area contributed by atoms with E-state index in [2.05, 4.69) is 0 Å². The van der Waals surface area contributed by atoms with Crippen molar-refractivity contribution in [1.29, 1.82) is 0 Å². The Kier molecular flexibility index (Phi) is 2.32. The molecule has 0 saturated heterocycles. The lowest BCUT2D eigenvalue weighted by molar-refractivity contribution is -0.114. The van der Waals surface area contributed by atoms with E-state index in [0.29, 0.717) is 11.3 Å². The molecule has 1 aliphatic rings. The first-order valence-electron chi connectivity index (χ1n) is 4.06. The van der Waals surface area contributed by atoms with Crippen molar-refractivity contribution in [3.63, 3.8) is 0 Å². The standard InChI is InChI=1S/C9H14O2/c1-6-4-3-5-8(7(2)10)9(6)11/h6,11H,3-5H2,1-2H3. The third-order valence-electron chi connectivity index (χ3n) is 2.26. The lowest BCUT2D eigenvalue weighted by Crippen LogP contribution is -2.13. The van der Waals surface area contributed by atoms with Gasteiger partial charge in [0, 0.05) is 11.5 Å². The van der Waals surface area contributed by atoms with Gasteiger partial charge in [-0.2, -0.15) is 0 Å². The van der Waals surface area contributed by atoms with E-state index < -0.39 is 0 Å². The van der Waals surface area contributed by atoms with Gasteiger partial charge in [-0.05, 0) is 26.2 Å². The van der Waals surface area contributed by atoms with Crippen molar-refractivity contribution in [2.45, 2.75) is 33.1 Å². The Morgan fingerprint density at radius 1 is 1.64 bits per heavy atom. The fourth-order valence-electron chi connectivity index (χ4n) is 1.50. The quantitative estimate of drug-likeness (QED) is 0.628. The first kappa shape index (κ1) is 8.31. The maximum atomic E-state index is 10.9. The molecule has 0 radical (unpaired) electrons. The zero-order valence-electron chi connectivity index (χ0n) is 7.05. The van der Waals surface area contributed by atoms with E-state index in [0.717, 1.165) is 19.3 Å². The van der Waals surface area contributed by atoms with E-state index in [1.807, 2.05) is 6.92 Å². The monoisotopic (exact) mass is 154 g/mol. The minimum absolute atomic E-state index is 0.0223. The van der Waals surface area contributed by atoms with Crippen molar-refractivity contribution >= 4 is 5.78 Å². The Hall–Kier alpha value is -0.790. The summed E-state index contributed by atoms with van der Waals surface area (Å²) in [6, 6.07) is 0. The number of ketones is 1. The molecule has 0 aromatic heterocycles. The largest absolute Gasteiger partial charge is 0.512 e. The number of aliphatic hydroxyl groups excluding tert-OH is 1. The van der Waals surface area contributed by atoms with Crippen LogP contribution in [-0.4, -0.2) is 10.9 Å². The van der Waals surface area contributed by atoms with Gasteiger partial charge in [-0.25, -0.2) is 0 Å². The third kappa shape index (κ3) is 1.62. The van der Waals surface area contributed by atoms with Crippen LogP contribution in [0.25, 0.3) is 0 Å². The van der Waals surface area contributed by atoms with Crippen molar-refractivity contribution < 1.29 is 9.90 Å². The molecule has 0 aliphatic heterocycles. The minimum Gasteiger partial charge on any atom is -0.512 e. The highest BCUT2D eigenvalue weighted by atomic mass is 16.3. The van der Waals surface area contributed by atoms with Crippen LogP contribution in [0, 0.1) is 5.92 Å². The van der Waals surface area contributed by atoms with E-state index >= 15 is 0 Å². The van der Waals surface area contributed by atoms with Crippen LogP contribution in [0.1, 0.15) is 33.1 Å². The Labute approximate surface area is 66.9 Å². The average molecular weight is 154 g/mol. The zero-order chi connectivity index (χ0) is 8.43. The Balaban J connectivity index is 2.89. The first-order valence-corrected chi connectivity index (χ1v) is 4.06. The topological polar surface area (TPSA) is 37.3 Å². The van der Waals surface area contributed by atoms with Crippen LogP contribution in [0.3, 0.4) is 0 Å².